The summed E-state index contributed by atoms with van der Waals surface area (Å²) in [7, 11) is -10.2. The van der Waals surface area contributed by atoms with Crippen LogP contribution in [-0.4, -0.2) is 37.6 Å². The van der Waals surface area contributed by atoms with Gasteiger partial charge in [0.2, 0.25) is 0 Å². The monoisotopic (exact) mass is 738 g/mol. The molecular weight excluding hydrogens is 687 g/mol. The summed E-state index contributed by atoms with van der Waals surface area (Å²) in [5.41, 5.74) is 0.500. The van der Waals surface area contributed by atoms with Crippen LogP contribution in [0.3, 0.4) is 0 Å². The van der Waals surface area contributed by atoms with Gasteiger partial charge < -0.3 is 22.2 Å². The second-order valence-electron chi connectivity index (χ2n) is 18.2. The van der Waals surface area contributed by atoms with Crippen molar-refractivity contribution in [2.75, 3.05) is 0 Å². The van der Waals surface area contributed by atoms with Crippen molar-refractivity contribution in [2.24, 2.45) is 45.3 Å². The fourth-order valence-electron chi connectivity index (χ4n) is 13.8. The summed E-state index contributed by atoms with van der Waals surface area (Å²) < 4.78 is 87.9. The fourth-order valence-corrected chi connectivity index (χ4v) is 14.5. The maximum atomic E-state index is 11.8. The molecule has 0 aromatic heterocycles. The first kappa shape index (κ1) is 40.8. The van der Waals surface area contributed by atoms with Gasteiger partial charge in [-0.05, 0) is 135 Å². The quantitative estimate of drug-likeness (QED) is 0.253. The van der Waals surface area contributed by atoms with Crippen molar-refractivity contribution in [3.8, 4) is 11.5 Å². The van der Waals surface area contributed by atoms with Gasteiger partial charge >= 0.3 is 59.1 Å². The Morgan fingerprint density at radius 1 is 0.653 bits per heavy atom. The minimum absolute atomic E-state index is 0. The molecule has 13 heteroatoms. The van der Waals surface area contributed by atoms with Gasteiger partial charge in [0.15, 0.2) is 0 Å². The molecule has 5 aliphatic carbocycles. The van der Waals surface area contributed by atoms with Gasteiger partial charge in [-0.2, -0.15) is 0 Å². The van der Waals surface area contributed by atoms with Crippen LogP contribution in [0.5, 0.6) is 11.5 Å². The number of fused-ring (bicyclic) bond motifs is 10. The smallest absolute Gasteiger partial charge is 0.716 e. The number of rotatable bonds is 4. The molecule has 0 radical (unpaired) electrons. The van der Waals surface area contributed by atoms with E-state index in [9.17, 15) is 25.9 Å². The van der Waals surface area contributed by atoms with Crippen molar-refractivity contribution in [1.29, 1.82) is 0 Å². The molecule has 1 aromatic carbocycles. The van der Waals surface area contributed by atoms with E-state index >= 15 is 0 Å². The van der Waals surface area contributed by atoms with E-state index in [1.165, 1.54) is 37.8 Å². The van der Waals surface area contributed by atoms with E-state index < -0.39 is 26.2 Å². The molecule has 9 nitrogen and oxygen atoms in total. The van der Waals surface area contributed by atoms with Gasteiger partial charge in [0.25, 0.3) is 20.8 Å². The summed E-state index contributed by atoms with van der Waals surface area (Å²) >= 11 is 0. The summed E-state index contributed by atoms with van der Waals surface area (Å²) in [5.74, 6) is 1.23. The zero-order chi connectivity index (χ0) is 34.2. The molecule has 1 aromatic rings. The van der Waals surface area contributed by atoms with Crippen LogP contribution in [0.4, 0.5) is 0 Å². The van der Waals surface area contributed by atoms with Crippen LogP contribution < -0.4 is 67.5 Å². The minimum atomic E-state index is -5.10. The molecule has 5 unspecified atom stereocenters. The predicted molar refractivity (Wildman–Crippen MR) is 174 cm³/mol. The minimum Gasteiger partial charge on any atom is -0.716 e. The van der Waals surface area contributed by atoms with Crippen molar-refractivity contribution >= 4 is 20.8 Å². The molecule has 4 saturated carbocycles. The summed E-state index contributed by atoms with van der Waals surface area (Å²) in [5, 5.41) is 0. The van der Waals surface area contributed by atoms with E-state index in [1.807, 2.05) is 0 Å². The van der Waals surface area contributed by atoms with Crippen molar-refractivity contribution in [3.05, 3.63) is 23.3 Å². The SMILES string of the molecule is CC1(C)CCC[C@]2(C)OC3CC[C@@]4(C)C(CC[C@]5(C)C4CC[C@]4(C)c6c(OS(=O)(=O)[O-])ccc(OS(=O)(=O)[O-])c6CC54)[C@]3(C)CCC12.[Na+].[Na+]. The normalized spacial score (nSPS) is 43.7. The summed E-state index contributed by atoms with van der Waals surface area (Å²) in [4.78, 5) is 0. The van der Waals surface area contributed by atoms with Crippen LogP contribution in [0.25, 0.3) is 0 Å². The van der Waals surface area contributed by atoms with Gasteiger partial charge in [0.05, 0.1) is 11.7 Å². The van der Waals surface area contributed by atoms with Crippen LogP contribution in [0.15, 0.2) is 12.1 Å². The third kappa shape index (κ3) is 6.38. The average molecular weight is 739 g/mol. The Hall–Kier alpha value is 0.600. The van der Waals surface area contributed by atoms with Crippen molar-refractivity contribution < 1.29 is 98.2 Å². The first-order valence-electron chi connectivity index (χ1n) is 17.7. The topological polar surface area (TPSA) is 142 Å². The predicted octanol–water partition coefficient (Wildman–Crippen LogP) is 1.20. The maximum Gasteiger partial charge on any atom is 1.00 e. The van der Waals surface area contributed by atoms with Crippen molar-refractivity contribution in [2.45, 2.75) is 143 Å². The molecule has 10 atom stereocenters. The fraction of sp³-hybridized carbons (Fsp3) is 0.833. The summed E-state index contributed by atoms with van der Waals surface area (Å²) in [6.07, 6.45) is 12.4. The van der Waals surface area contributed by atoms with Crippen LogP contribution in [0, 0.1) is 45.3 Å². The van der Waals surface area contributed by atoms with Crippen molar-refractivity contribution in [1.82, 2.24) is 0 Å². The van der Waals surface area contributed by atoms with E-state index in [0.717, 1.165) is 44.9 Å². The Labute approximate surface area is 338 Å². The Kier molecular flexibility index (Phi) is 10.7. The zero-order valence-corrected chi connectivity index (χ0v) is 36.7. The molecule has 1 aliphatic heterocycles. The second-order valence-corrected chi connectivity index (χ2v) is 20.1. The second kappa shape index (κ2) is 12.8. The number of hydrogen-bond acceptors (Lipinski definition) is 9. The maximum absolute atomic E-state index is 11.8. The Morgan fingerprint density at radius 2 is 1.16 bits per heavy atom. The standard InChI is InChI=1S/C36H54O9S2.2Na/c1-31(2)15-8-16-36(7)25(31)11-18-34(5)27-12-17-33(4)26(32(27,3)20-14-29(34)43-36)13-19-35(6)28(33)21-22-23(44-46(37,38)39)9-10-24(30(22)35)45-47(40,41)42;;/h9-10,25-29H,8,11-21H2,1-7H3,(H,37,38,39)(H,40,41,42);;/q;2*+1/p-2/t25?,26?,27?,28?,29?,32-,33-,34+,35+,36+;;/m1../s1. The van der Waals surface area contributed by atoms with Crippen LogP contribution in [-0.2, 0) is 37.4 Å². The first-order chi connectivity index (χ1) is 21.6. The molecule has 264 valence electrons. The summed E-state index contributed by atoms with van der Waals surface area (Å²) in [6, 6.07) is 2.49. The Balaban J connectivity index is 0.00000234. The van der Waals surface area contributed by atoms with Gasteiger partial charge in [0, 0.05) is 16.5 Å². The van der Waals surface area contributed by atoms with Gasteiger partial charge in [-0.15, -0.1) is 0 Å². The van der Waals surface area contributed by atoms with Crippen LogP contribution >= 0.6 is 0 Å². The van der Waals surface area contributed by atoms with Crippen molar-refractivity contribution in [3.63, 3.8) is 0 Å². The van der Waals surface area contributed by atoms with Gasteiger partial charge in [0.1, 0.15) is 11.5 Å². The number of ether oxygens (including phenoxy) is 1. The Morgan fingerprint density at radius 3 is 1.82 bits per heavy atom. The van der Waals surface area contributed by atoms with E-state index in [1.54, 1.807) is 0 Å². The van der Waals surface area contributed by atoms with Gasteiger partial charge in [-0.25, -0.2) is 16.8 Å². The van der Waals surface area contributed by atoms with Crippen LogP contribution in [0.2, 0.25) is 0 Å². The van der Waals surface area contributed by atoms with Gasteiger partial charge in [-0.1, -0.05) is 48.0 Å². The van der Waals surface area contributed by atoms with E-state index in [2.05, 4.69) is 48.5 Å². The zero-order valence-electron chi connectivity index (χ0n) is 31.0. The molecule has 0 amide bonds. The number of benzene rings is 1. The first-order valence-corrected chi connectivity index (χ1v) is 20.4. The molecule has 0 spiro atoms. The Bertz CT molecular complexity index is 1700. The molecular formula is C36H52Na2O9S2. The molecule has 1 heterocycles. The molecule has 49 heavy (non-hydrogen) atoms. The summed E-state index contributed by atoms with van der Waals surface area (Å²) in [6.45, 7) is 16.8. The third-order valence-electron chi connectivity index (χ3n) is 15.5. The molecule has 0 N–H and O–H groups in total. The molecule has 1 saturated heterocycles. The van der Waals surface area contributed by atoms with E-state index in [-0.39, 0.29) is 110 Å². The third-order valence-corrected chi connectivity index (χ3v) is 16.3. The van der Waals surface area contributed by atoms with Crippen LogP contribution in [0.1, 0.15) is 130 Å². The van der Waals surface area contributed by atoms with Gasteiger partial charge in [-0.3, -0.25) is 0 Å². The molecule has 5 fully saturated rings. The molecule has 0 bridgehead atoms. The molecule has 6 aliphatic rings. The van der Waals surface area contributed by atoms with E-state index in [0.29, 0.717) is 35.3 Å². The van der Waals surface area contributed by atoms with E-state index in [4.69, 9.17) is 13.1 Å². The largest absolute Gasteiger partial charge is 1.00 e. The average Bonchev–Trinajstić information content (AvgIpc) is 3.18. The molecule has 7 rings (SSSR count). The number of hydrogen-bond donors (Lipinski definition) is 0.